The number of carboxylic acids is 1. The third kappa shape index (κ3) is 8.60. The summed E-state index contributed by atoms with van der Waals surface area (Å²) < 4.78 is 0. The molecule has 2 aromatic heterocycles. The van der Waals surface area contributed by atoms with Gasteiger partial charge in [0.05, 0.1) is 4.88 Å². The number of thiophene rings is 1. The number of hydrogen-bond donors (Lipinski definition) is 3. The van der Waals surface area contributed by atoms with E-state index in [4.69, 9.17) is 0 Å². The van der Waals surface area contributed by atoms with Gasteiger partial charge >= 0.3 is 5.97 Å². The van der Waals surface area contributed by atoms with Crippen LogP contribution in [0.25, 0.3) is 22.5 Å². The molecule has 0 aliphatic rings. The van der Waals surface area contributed by atoms with Crippen LogP contribution in [0.2, 0.25) is 0 Å². The van der Waals surface area contributed by atoms with Gasteiger partial charge in [-0.05, 0) is 53.5 Å². The number of nitrogens with zero attached hydrogens (tertiary/aromatic N) is 2. The predicted molar refractivity (Wildman–Crippen MR) is 175 cm³/mol. The van der Waals surface area contributed by atoms with Gasteiger partial charge in [0, 0.05) is 34.8 Å². The van der Waals surface area contributed by atoms with Crippen LogP contribution in [-0.2, 0) is 27.8 Å². The topological polar surface area (TPSA) is 121 Å². The lowest BCUT2D eigenvalue weighted by molar-refractivity contribution is -0.141. The van der Waals surface area contributed by atoms with Crippen molar-refractivity contribution >= 4 is 29.1 Å². The zero-order valence-electron chi connectivity index (χ0n) is 26.0. The van der Waals surface area contributed by atoms with Gasteiger partial charge in [0.1, 0.15) is 12.1 Å². The number of nitrogens with one attached hydrogen (secondary N) is 2. The van der Waals surface area contributed by atoms with Crippen LogP contribution in [0.4, 0.5) is 0 Å². The fourth-order valence-electron chi connectivity index (χ4n) is 4.63. The number of rotatable bonds is 11. The van der Waals surface area contributed by atoms with E-state index in [-0.39, 0.29) is 17.7 Å². The molecule has 3 N–H and O–H groups in total. The molecular weight excluding hydrogens is 572 g/mol. The summed E-state index contributed by atoms with van der Waals surface area (Å²) >= 11 is 1.38. The summed E-state index contributed by atoms with van der Waals surface area (Å²) in [5.41, 5.74) is 4.78. The van der Waals surface area contributed by atoms with E-state index in [2.05, 4.69) is 79.5 Å². The SMILES string of the molecule is CC(C)Cc1ccc(-c2cnc(-c3ccc(CC(NC(=O)c4ccc(C(C)(C)C)s4)C(=O)NC(C)C(=O)O)cc3)nc2)cc1. The van der Waals surface area contributed by atoms with Gasteiger partial charge in [-0.25, -0.2) is 9.97 Å². The highest BCUT2D eigenvalue weighted by Gasteiger charge is 2.26. The molecule has 8 nitrogen and oxygen atoms in total. The molecule has 2 aromatic carbocycles. The fraction of sp³-hybridized carbons (Fsp3) is 0.343. The lowest BCUT2D eigenvalue weighted by atomic mass is 9.95. The third-order valence-corrected chi connectivity index (χ3v) is 8.66. The Morgan fingerprint density at radius 1 is 0.773 bits per heavy atom. The second kappa shape index (κ2) is 13.9. The molecule has 0 saturated carbocycles. The van der Waals surface area contributed by atoms with Gasteiger partial charge in [-0.1, -0.05) is 83.1 Å². The molecule has 0 radical (unpaired) electrons. The Bertz CT molecular complexity index is 1590. The second-order valence-electron chi connectivity index (χ2n) is 12.5. The Labute approximate surface area is 263 Å². The summed E-state index contributed by atoms with van der Waals surface area (Å²) in [7, 11) is 0. The highest BCUT2D eigenvalue weighted by molar-refractivity contribution is 7.14. The van der Waals surface area contributed by atoms with E-state index in [0.29, 0.717) is 16.6 Å². The molecule has 0 saturated heterocycles. The molecule has 0 fully saturated rings. The van der Waals surface area contributed by atoms with Gasteiger partial charge in [-0.3, -0.25) is 14.4 Å². The van der Waals surface area contributed by atoms with Crippen molar-refractivity contribution in [1.82, 2.24) is 20.6 Å². The standard InChI is InChI=1S/C35H40N4O4S/c1-21(2)17-23-7-11-25(12-8-23)27-19-36-31(37-20-27)26-13-9-24(10-14-26)18-28(32(40)38-22(3)34(42)43)39-33(41)29-15-16-30(44-29)35(4,5)6/h7-16,19-22,28H,17-18H2,1-6H3,(H,38,40)(H,39,41)(H,42,43). The molecule has 9 heteroatoms. The van der Waals surface area contributed by atoms with E-state index in [9.17, 15) is 19.5 Å². The maximum absolute atomic E-state index is 13.1. The van der Waals surface area contributed by atoms with E-state index >= 15 is 0 Å². The van der Waals surface area contributed by atoms with Crippen LogP contribution in [0.1, 0.15) is 67.2 Å². The van der Waals surface area contributed by atoms with Crippen LogP contribution in [0.3, 0.4) is 0 Å². The molecule has 0 aliphatic carbocycles. The summed E-state index contributed by atoms with van der Waals surface area (Å²) in [6.07, 6.45) is 4.83. The molecule has 230 valence electrons. The minimum absolute atomic E-state index is 0.110. The number of carbonyl (C=O) groups is 3. The normalized spacial score (nSPS) is 12.9. The Morgan fingerprint density at radius 3 is 1.86 bits per heavy atom. The van der Waals surface area contributed by atoms with Crippen LogP contribution in [0.5, 0.6) is 0 Å². The maximum Gasteiger partial charge on any atom is 0.325 e. The molecular formula is C35H40N4O4S. The number of aromatic nitrogens is 2. The van der Waals surface area contributed by atoms with E-state index < -0.39 is 24.0 Å². The first-order valence-corrected chi connectivity index (χ1v) is 15.6. The molecule has 0 spiro atoms. The Kier molecular flexibility index (Phi) is 10.3. The second-order valence-corrected chi connectivity index (χ2v) is 13.6. The summed E-state index contributed by atoms with van der Waals surface area (Å²) in [6.45, 7) is 12.0. The average Bonchev–Trinajstić information content (AvgIpc) is 3.49. The lowest BCUT2D eigenvalue weighted by Gasteiger charge is -2.20. The van der Waals surface area contributed by atoms with Gasteiger partial charge in [0.15, 0.2) is 5.82 Å². The van der Waals surface area contributed by atoms with Crippen LogP contribution >= 0.6 is 11.3 Å². The van der Waals surface area contributed by atoms with Crippen molar-refractivity contribution in [3.05, 3.63) is 93.9 Å². The van der Waals surface area contributed by atoms with Crippen molar-refractivity contribution in [2.45, 2.75) is 71.9 Å². The van der Waals surface area contributed by atoms with Crippen molar-refractivity contribution in [1.29, 1.82) is 0 Å². The van der Waals surface area contributed by atoms with Gasteiger partial charge in [0.25, 0.3) is 5.91 Å². The zero-order valence-corrected chi connectivity index (χ0v) is 26.9. The number of amides is 2. The first-order chi connectivity index (χ1) is 20.8. The summed E-state index contributed by atoms with van der Waals surface area (Å²) in [5.74, 6) is -0.934. The molecule has 2 atom stereocenters. The highest BCUT2D eigenvalue weighted by Crippen LogP contribution is 2.29. The van der Waals surface area contributed by atoms with Gasteiger partial charge in [-0.2, -0.15) is 0 Å². The average molecular weight is 613 g/mol. The van der Waals surface area contributed by atoms with Crippen LogP contribution in [-0.4, -0.2) is 44.9 Å². The number of carbonyl (C=O) groups excluding carboxylic acids is 2. The van der Waals surface area contributed by atoms with E-state index in [1.54, 1.807) is 6.07 Å². The monoisotopic (exact) mass is 612 g/mol. The van der Waals surface area contributed by atoms with Crippen LogP contribution in [0.15, 0.2) is 73.1 Å². The first-order valence-electron chi connectivity index (χ1n) is 14.7. The summed E-state index contributed by atoms with van der Waals surface area (Å²) in [4.78, 5) is 48.3. The number of carboxylic acid groups (broad SMARTS) is 1. The third-order valence-electron chi connectivity index (χ3n) is 7.16. The lowest BCUT2D eigenvalue weighted by Crippen LogP contribution is -2.51. The molecule has 0 aliphatic heterocycles. The summed E-state index contributed by atoms with van der Waals surface area (Å²) in [5, 5.41) is 14.6. The van der Waals surface area contributed by atoms with Crippen molar-refractivity contribution < 1.29 is 19.5 Å². The van der Waals surface area contributed by atoms with Gasteiger partial charge in [0.2, 0.25) is 5.91 Å². The molecule has 2 unspecified atom stereocenters. The van der Waals surface area contributed by atoms with Gasteiger partial charge in [-0.15, -0.1) is 11.3 Å². The summed E-state index contributed by atoms with van der Waals surface area (Å²) in [6, 6.07) is 17.5. The Morgan fingerprint density at radius 2 is 1.34 bits per heavy atom. The number of aliphatic carboxylic acids is 1. The fourth-order valence-corrected chi connectivity index (χ4v) is 5.60. The smallest absolute Gasteiger partial charge is 0.325 e. The molecule has 4 rings (SSSR count). The van der Waals surface area contributed by atoms with Crippen molar-refractivity contribution in [2.24, 2.45) is 5.92 Å². The first kappa shape index (κ1) is 32.5. The molecule has 2 heterocycles. The van der Waals surface area contributed by atoms with E-state index in [0.717, 1.165) is 33.6 Å². The van der Waals surface area contributed by atoms with E-state index in [1.807, 2.05) is 42.7 Å². The van der Waals surface area contributed by atoms with Crippen LogP contribution < -0.4 is 10.6 Å². The Balaban J connectivity index is 1.47. The van der Waals surface area contributed by atoms with Crippen molar-refractivity contribution in [3.63, 3.8) is 0 Å². The molecule has 4 aromatic rings. The minimum Gasteiger partial charge on any atom is -0.480 e. The molecule has 2 amide bonds. The number of benzene rings is 2. The van der Waals surface area contributed by atoms with Crippen LogP contribution in [0, 0.1) is 5.92 Å². The predicted octanol–water partition coefficient (Wildman–Crippen LogP) is 6.30. The Hall–Kier alpha value is -4.37. The van der Waals surface area contributed by atoms with E-state index in [1.165, 1.54) is 23.8 Å². The minimum atomic E-state index is -1.16. The maximum atomic E-state index is 13.1. The highest BCUT2D eigenvalue weighted by atomic mass is 32.1. The largest absolute Gasteiger partial charge is 0.480 e. The number of hydrogen-bond acceptors (Lipinski definition) is 6. The zero-order chi connectivity index (χ0) is 32.0. The van der Waals surface area contributed by atoms with Crippen molar-refractivity contribution in [3.8, 4) is 22.5 Å². The van der Waals surface area contributed by atoms with Gasteiger partial charge < -0.3 is 15.7 Å². The van der Waals surface area contributed by atoms with Crippen molar-refractivity contribution in [2.75, 3.05) is 0 Å². The molecule has 0 bridgehead atoms. The quantitative estimate of drug-likeness (QED) is 0.183. The molecule has 44 heavy (non-hydrogen) atoms.